The summed E-state index contributed by atoms with van der Waals surface area (Å²) in [6.07, 6.45) is 47.2. The Morgan fingerprint density at radius 3 is 1.18 bits per heavy atom. The fraction of sp³-hybridized carbons (Fsp3) is 0.945. The van der Waals surface area contributed by atoms with Crippen molar-refractivity contribution >= 4 is 29.1 Å². The highest BCUT2D eigenvalue weighted by Gasteiger charge is 2.16. The monoisotopic (exact) mass is 891 g/mol. The smallest absolute Gasteiger partial charge is 0.305 e. The van der Waals surface area contributed by atoms with Gasteiger partial charge in [0.05, 0.1) is 18.2 Å². The molecule has 1 fully saturated rings. The van der Waals surface area contributed by atoms with E-state index < -0.39 is 0 Å². The number of hydrogen-bond donors (Lipinski definition) is 0. The van der Waals surface area contributed by atoms with Crippen LogP contribution in [0.15, 0.2) is 0 Å². The summed E-state index contributed by atoms with van der Waals surface area (Å²) in [4.78, 5) is 31.2. The first-order valence-electron chi connectivity index (χ1n) is 27.7. The molecule has 1 aliphatic heterocycles. The fourth-order valence-corrected chi connectivity index (χ4v) is 9.82. The van der Waals surface area contributed by atoms with E-state index in [9.17, 15) is 9.59 Å². The number of esters is 2. The molecular formula is C55H106N2O4S. The summed E-state index contributed by atoms with van der Waals surface area (Å²) in [5, 5.41) is 0. The Kier molecular flexibility index (Phi) is 42.7. The van der Waals surface area contributed by atoms with Gasteiger partial charge < -0.3 is 19.3 Å². The molecule has 366 valence electrons. The molecule has 0 bridgehead atoms. The van der Waals surface area contributed by atoms with Gasteiger partial charge in [-0.1, -0.05) is 207 Å². The minimum atomic E-state index is -0.00245. The zero-order valence-electron chi connectivity index (χ0n) is 42.1. The molecule has 1 heterocycles. The lowest BCUT2D eigenvalue weighted by Crippen LogP contribution is -2.34. The zero-order valence-corrected chi connectivity index (χ0v) is 42.9. The van der Waals surface area contributed by atoms with Gasteiger partial charge in [-0.05, 0) is 89.1 Å². The van der Waals surface area contributed by atoms with Crippen LogP contribution in [0.1, 0.15) is 278 Å². The maximum atomic E-state index is 12.5. The number of carbonyl (C=O) groups excluding carboxylic acids is 2. The second-order valence-electron chi connectivity index (χ2n) is 19.6. The van der Waals surface area contributed by atoms with Crippen LogP contribution in [0.3, 0.4) is 0 Å². The molecule has 0 N–H and O–H groups in total. The highest BCUT2D eigenvalue weighted by molar-refractivity contribution is 7.80. The van der Waals surface area contributed by atoms with Crippen LogP contribution in [-0.2, 0) is 19.1 Å². The summed E-state index contributed by atoms with van der Waals surface area (Å²) in [5.74, 6) is 1.60. The van der Waals surface area contributed by atoms with Crippen LogP contribution < -0.4 is 0 Å². The number of unbranched alkanes of at least 4 members (excludes halogenated alkanes) is 20. The van der Waals surface area contributed by atoms with E-state index in [0.29, 0.717) is 26.1 Å². The van der Waals surface area contributed by atoms with Crippen molar-refractivity contribution in [2.75, 3.05) is 45.9 Å². The number of hydrogen-bond acceptors (Lipinski definition) is 6. The molecule has 6 nitrogen and oxygen atoms in total. The topological polar surface area (TPSA) is 59.1 Å². The van der Waals surface area contributed by atoms with Gasteiger partial charge in [-0.2, -0.15) is 0 Å². The molecule has 0 amide bonds. The molecule has 7 heteroatoms. The Hall–Kier alpha value is -1.21. The van der Waals surface area contributed by atoms with E-state index in [2.05, 4.69) is 37.5 Å². The van der Waals surface area contributed by atoms with Gasteiger partial charge in [-0.3, -0.25) is 9.59 Å². The molecule has 0 aliphatic carbocycles. The normalized spacial score (nSPS) is 13.1. The second-order valence-corrected chi connectivity index (χ2v) is 20.0. The number of thiocarbonyl (C=S) groups is 1. The van der Waals surface area contributed by atoms with Gasteiger partial charge in [0, 0.05) is 38.9 Å². The highest BCUT2D eigenvalue weighted by Crippen LogP contribution is 2.25. The molecular weight excluding hydrogens is 785 g/mol. The lowest BCUT2D eigenvalue weighted by atomic mass is 9.91. The van der Waals surface area contributed by atoms with Crippen LogP contribution in [0.2, 0.25) is 0 Å². The van der Waals surface area contributed by atoms with E-state index in [1.54, 1.807) is 0 Å². The van der Waals surface area contributed by atoms with Crippen molar-refractivity contribution in [2.24, 2.45) is 11.8 Å². The summed E-state index contributed by atoms with van der Waals surface area (Å²) in [6.45, 7) is 16.0. The predicted molar refractivity (Wildman–Crippen MR) is 272 cm³/mol. The van der Waals surface area contributed by atoms with E-state index >= 15 is 0 Å². The minimum absolute atomic E-state index is 0.00245. The lowest BCUT2D eigenvalue weighted by Gasteiger charge is -2.27. The first kappa shape index (κ1) is 58.8. The molecule has 62 heavy (non-hydrogen) atoms. The lowest BCUT2D eigenvalue weighted by molar-refractivity contribution is -0.144. The second kappa shape index (κ2) is 45.0. The van der Waals surface area contributed by atoms with Crippen LogP contribution in [0, 0.1) is 11.8 Å². The van der Waals surface area contributed by atoms with Crippen molar-refractivity contribution < 1.29 is 19.1 Å². The standard InChI is InChI=1S/C55H106N2O4S/c1-5-9-13-23-35-51(36-24-14-10-6-2)39-33-49-60-54(58)41-27-19-17-21-29-46-57(53(62)43-48-56-44-31-32-45-56)47-30-22-18-20-28-42-55(59)61-50-34-40-52(37-25-15-11-7-3)38-26-16-12-8-4/h51-52H,5-50H2,1-4H3. The SMILES string of the molecule is CCCCCCC(CCCCCC)CCCOC(=O)CCCCCCCN(CCCCCCCC(=O)OCCCC(CCCCCC)CCCCCC)C(=S)CCN1CCCC1. The molecule has 0 aromatic carbocycles. The number of ether oxygens (including phenoxy) is 2. The Balaban J connectivity index is 2.26. The molecule has 0 unspecified atom stereocenters. The Morgan fingerprint density at radius 1 is 0.452 bits per heavy atom. The van der Waals surface area contributed by atoms with Gasteiger partial charge in [0.15, 0.2) is 0 Å². The van der Waals surface area contributed by atoms with Gasteiger partial charge in [0.25, 0.3) is 0 Å². The Bertz CT molecular complexity index is 918. The third kappa shape index (κ3) is 37.1. The Morgan fingerprint density at radius 2 is 0.790 bits per heavy atom. The van der Waals surface area contributed by atoms with E-state index in [1.165, 1.54) is 193 Å². The van der Waals surface area contributed by atoms with Crippen LogP contribution in [0.25, 0.3) is 0 Å². The third-order valence-corrected chi connectivity index (χ3v) is 14.2. The van der Waals surface area contributed by atoms with Crippen LogP contribution >= 0.6 is 12.2 Å². The number of likely N-dealkylation sites (tertiary alicyclic amines) is 1. The molecule has 0 saturated carbocycles. The first-order valence-corrected chi connectivity index (χ1v) is 28.1. The fourth-order valence-electron chi connectivity index (χ4n) is 9.55. The zero-order chi connectivity index (χ0) is 45.0. The van der Waals surface area contributed by atoms with Gasteiger partial charge in [-0.15, -0.1) is 0 Å². The number of rotatable bonds is 47. The Labute approximate surface area is 392 Å². The van der Waals surface area contributed by atoms with E-state index in [4.69, 9.17) is 21.7 Å². The first-order chi connectivity index (χ1) is 30.4. The largest absolute Gasteiger partial charge is 0.466 e. The average Bonchev–Trinajstić information content (AvgIpc) is 3.80. The molecule has 1 aliphatic rings. The van der Waals surface area contributed by atoms with E-state index in [0.717, 1.165) is 94.2 Å². The maximum absolute atomic E-state index is 12.5. The van der Waals surface area contributed by atoms with Crippen molar-refractivity contribution in [3.63, 3.8) is 0 Å². The molecule has 0 aromatic heterocycles. The van der Waals surface area contributed by atoms with Crippen molar-refractivity contribution in [1.29, 1.82) is 0 Å². The number of nitrogens with zero attached hydrogens (tertiary/aromatic N) is 2. The van der Waals surface area contributed by atoms with Gasteiger partial charge >= 0.3 is 11.9 Å². The summed E-state index contributed by atoms with van der Waals surface area (Å²) < 4.78 is 11.3. The summed E-state index contributed by atoms with van der Waals surface area (Å²) in [7, 11) is 0. The minimum Gasteiger partial charge on any atom is -0.466 e. The van der Waals surface area contributed by atoms with Crippen LogP contribution in [0.4, 0.5) is 0 Å². The summed E-state index contributed by atoms with van der Waals surface area (Å²) in [5.41, 5.74) is 0. The van der Waals surface area contributed by atoms with Crippen molar-refractivity contribution in [3.05, 3.63) is 0 Å². The van der Waals surface area contributed by atoms with Crippen molar-refractivity contribution in [1.82, 2.24) is 9.80 Å². The van der Waals surface area contributed by atoms with E-state index in [-0.39, 0.29) is 11.9 Å². The van der Waals surface area contributed by atoms with Crippen molar-refractivity contribution in [3.8, 4) is 0 Å². The predicted octanol–water partition coefficient (Wildman–Crippen LogP) is 16.5. The summed E-state index contributed by atoms with van der Waals surface area (Å²) in [6, 6.07) is 0. The molecule has 1 rings (SSSR count). The van der Waals surface area contributed by atoms with Crippen LogP contribution in [-0.4, -0.2) is 72.7 Å². The maximum Gasteiger partial charge on any atom is 0.305 e. The molecule has 0 atom stereocenters. The quantitative estimate of drug-likeness (QED) is 0.0343. The van der Waals surface area contributed by atoms with Crippen LogP contribution in [0.5, 0.6) is 0 Å². The highest BCUT2D eigenvalue weighted by atomic mass is 32.1. The van der Waals surface area contributed by atoms with Gasteiger partial charge in [0.1, 0.15) is 0 Å². The van der Waals surface area contributed by atoms with Gasteiger partial charge in [0.2, 0.25) is 0 Å². The molecule has 1 saturated heterocycles. The van der Waals surface area contributed by atoms with E-state index in [1.807, 2.05) is 0 Å². The average molecular weight is 892 g/mol. The third-order valence-electron chi connectivity index (χ3n) is 13.7. The summed E-state index contributed by atoms with van der Waals surface area (Å²) >= 11 is 6.03. The number of carbonyl (C=O) groups is 2. The van der Waals surface area contributed by atoms with Gasteiger partial charge in [-0.25, -0.2) is 0 Å². The molecule has 0 aromatic rings. The molecule has 0 radical (unpaired) electrons. The molecule has 0 spiro atoms. The van der Waals surface area contributed by atoms with Crippen molar-refractivity contribution in [2.45, 2.75) is 278 Å².